The SMILES string of the molecule is Cc1cccc(-n2nc(-c3ccccc3)cc2-c2ccccc2)c1. The molecular weight excluding hydrogens is 292 g/mol. The summed E-state index contributed by atoms with van der Waals surface area (Å²) in [5, 5.41) is 4.88. The molecule has 0 N–H and O–H groups in total. The molecule has 0 radical (unpaired) electrons. The summed E-state index contributed by atoms with van der Waals surface area (Å²) >= 11 is 0. The van der Waals surface area contributed by atoms with Gasteiger partial charge in [0.2, 0.25) is 0 Å². The Balaban J connectivity index is 1.92. The molecule has 0 atom stereocenters. The molecule has 1 heterocycles. The highest BCUT2D eigenvalue weighted by Gasteiger charge is 2.12. The molecule has 0 aliphatic heterocycles. The van der Waals surface area contributed by atoms with Crippen molar-refractivity contribution in [3.8, 4) is 28.2 Å². The highest BCUT2D eigenvalue weighted by Crippen LogP contribution is 2.28. The Hall–Kier alpha value is -3.13. The van der Waals surface area contributed by atoms with Crippen molar-refractivity contribution in [2.45, 2.75) is 6.92 Å². The summed E-state index contributed by atoms with van der Waals surface area (Å²) in [7, 11) is 0. The Labute approximate surface area is 142 Å². The lowest BCUT2D eigenvalue weighted by atomic mass is 10.1. The summed E-state index contributed by atoms with van der Waals surface area (Å²) in [6, 6.07) is 31.3. The van der Waals surface area contributed by atoms with Crippen molar-refractivity contribution in [1.82, 2.24) is 9.78 Å². The minimum atomic E-state index is 0.982. The number of hydrogen-bond donors (Lipinski definition) is 0. The number of aromatic nitrogens is 2. The standard InChI is InChI=1S/C22H18N2/c1-17-9-8-14-20(15-17)24-22(19-12-6-3-7-13-19)16-21(23-24)18-10-4-2-5-11-18/h2-16H,1H3. The molecule has 0 saturated carbocycles. The van der Waals surface area contributed by atoms with Crippen molar-refractivity contribution in [2.24, 2.45) is 0 Å². The molecule has 0 aliphatic carbocycles. The van der Waals surface area contributed by atoms with Gasteiger partial charge >= 0.3 is 0 Å². The van der Waals surface area contributed by atoms with Gasteiger partial charge in [-0.1, -0.05) is 72.8 Å². The van der Waals surface area contributed by atoms with E-state index in [0.29, 0.717) is 0 Å². The van der Waals surface area contributed by atoms with E-state index in [0.717, 1.165) is 28.2 Å². The van der Waals surface area contributed by atoms with Crippen LogP contribution in [0.25, 0.3) is 28.2 Å². The maximum Gasteiger partial charge on any atom is 0.0934 e. The smallest absolute Gasteiger partial charge is 0.0934 e. The predicted molar refractivity (Wildman–Crippen MR) is 99.2 cm³/mol. The number of hydrogen-bond acceptors (Lipinski definition) is 1. The lowest BCUT2D eigenvalue weighted by Crippen LogP contribution is -1.99. The van der Waals surface area contributed by atoms with E-state index in [1.807, 2.05) is 28.9 Å². The summed E-state index contributed by atoms with van der Waals surface area (Å²) < 4.78 is 2.03. The van der Waals surface area contributed by atoms with Crippen molar-refractivity contribution in [2.75, 3.05) is 0 Å². The fraction of sp³-hybridized carbons (Fsp3) is 0.0455. The zero-order chi connectivity index (χ0) is 16.4. The van der Waals surface area contributed by atoms with Crippen molar-refractivity contribution in [3.63, 3.8) is 0 Å². The Kier molecular flexibility index (Phi) is 3.72. The molecule has 0 aliphatic rings. The quantitative estimate of drug-likeness (QED) is 0.487. The molecule has 0 amide bonds. The Morgan fingerprint density at radius 3 is 2.00 bits per heavy atom. The van der Waals surface area contributed by atoms with E-state index < -0.39 is 0 Å². The van der Waals surface area contributed by atoms with Gasteiger partial charge in [-0.3, -0.25) is 0 Å². The van der Waals surface area contributed by atoms with Crippen LogP contribution < -0.4 is 0 Å². The largest absolute Gasteiger partial charge is 0.232 e. The molecule has 4 aromatic rings. The van der Waals surface area contributed by atoms with E-state index in [-0.39, 0.29) is 0 Å². The number of rotatable bonds is 3. The molecule has 0 spiro atoms. The number of benzene rings is 3. The minimum absolute atomic E-state index is 0.982. The maximum absolute atomic E-state index is 4.88. The molecule has 0 saturated heterocycles. The third-order valence-corrected chi connectivity index (χ3v) is 4.09. The lowest BCUT2D eigenvalue weighted by Gasteiger charge is -2.08. The Morgan fingerprint density at radius 2 is 1.33 bits per heavy atom. The third-order valence-electron chi connectivity index (χ3n) is 4.09. The van der Waals surface area contributed by atoms with Crippen LogP contribution in [0.1, 0.15) is 5.56 Å². The van der Waals surface area contributed by atoms with Crippen molar-refractivity contribution < 1.29 is 0 Å². The van der Waals surface area contributed by atoms with Crippen LogP contribution in [0.15, 0.2) is 91.0 Å². The predicted octanol–water partition coefficient (Wildman–Crippen LogP) is 5.51. The van der Waals surface area contributed by atoms with E-state index in [1.54, 1.807) is 0 Å². The summed E-state index contributed by atoms with van der Waals surface area (Å²) in [4.78, 5) is 0. The Morgan fingerprint density at radius 1 is 0.667 bits per heavy atom. The van der Waals surface area contributed by atoms with Gasteiger partial charge in [-0.2, -0.15) is 5.10 Å². The van der Waals surface area contributed by atoms with Gasteiger partial charge in [0.25, 0.3) is 0 Å². The van der Waals surface area contributed by atoms with Crippen molar-refractivity contribution in [1.29, 1.82) is 0 Å². The number of nitrogens with zero attached hydrogens (tertiary/aromatic N) is 2. The van der Waals surface area contributed by atoms with Gasteiger partial charge in [-0.25, -0.2) is 4.68 Å². The molecule has 116 valence electrons. The summed E-state index contributed by atoms with van der Waals surface area (Å²) in [5.41, 5.74) is 6.67. The van der Waals surface area contributed by atoms with Crippen LogP contribution >= 0.6 is 0 Å². The van der Waals surface area contributed by atoms with Gasteiger partial charge in [0.15, 0.2) is 0 Å². The summed E-state index contributed by atoms with van der Waals surface area (Å²) in [6.07, 6.45) is 0. The van der Waals surface area contributed by atoms with E-state index in [4.69, 9.17) is 5.10 Å². The molecule has 4 rings (SSSR count). The van der Waals surface area contributed by atoms with Crippen LogP contribution in [0, 0.1) is 6.92 Å². The average Bonchev–Trinajstić information content (AvgIpc) is 3.09. The van der Waals surface area contributed by atoms with Crippen LogP contribution in [0.5, 0.6) is 0 Å². The van der Waals surface area contributed by atoms with Gasteiger partial charge in [0.1, 0.15) is 0 Å². The zero-order valence-corrected chi connectivity index (χ0v) is 13.6. The van der Waals surface area contributed by atoms with Crippen LogP contribution in [0.4, 0.5) is 0 Å². The molecule has 2 nitrogen and oxygen atoms in total. The first-order valence-electron chi connectivity index (χ1n) is 8.09. The second-order valence-electron chi connectivity index (χ2n) is 5.90. The van der Waals surface area contributed by atoms with Crippen molar-refractivity contribution in [3.05, 3.63) is 96.6 Å². The van der Waals surface area contributed by atoms with E-state index in [9.17, 15) is 0 Å². The normalized spacial score (nSPS) is 10.7. The number of aryl methyl sites for hydroxylation is 1. The second-order valence-corrected chi connectivity index (χ2v) is 5.90. The van der Waals surface area contributed by atoms with Gasteiger partial charge in [0.05, 0.1) is 17.1 Å². The molecule has 0 bridgehead atoms. The molecule has 0 unspecified atom stereocenters. The van der Waals surface area contributed by atoms with Gasteiger partial charge < -0.3 is 0 Å². The molecule has 0 fully saturated rings. The zero-order valence-electron chi connectivity index (χ0n) is 13.6. The van der Waals surface area contributed by atoms with E-state index >= 15 is 0 Å². The lowest BCUT2D eigenvalue weighted by molar-refractivity contribution is 0.890. The molecule has 2 heteroatoms. The monoisotopic (exact) mass is 310 g/mol. The first kappa shape index (κ1) is 14.5. The van der Waals surface area contributed by atoms with E-state index in [1.165, 1.54) is 5.56 Å². The van der Waals surface area contributed by atoms with Gasteiger partial charge in [-0.15, -0.1) is 0 Å². The first-order chi connectivity index (χ1) is 11.8. The van der Waals surface area contributed by atoms with Crippen LogP contribution in [-0.2, 0) is 0 Å². The molecule has 1 aromatic heterocycles. The molecule has 24 heavy (non-hydrogen) atoms. The second kappa shape index (κ2) is 6.17. The van der Waals surface area contributed by atoms with E-state index in [2.05, 4.69) is 73.7 Å². The highest BCUT2D eigenvalue weighted by molar-refractivity contribution is 5.70. The summed E-state index contributed by atoms with van der Waals surface area (Å²) in [5.74, 6) is 0. The first-order valence-corrected chi connectivity index (χ1v) is 8.09. The third kappa shape index (κ3) is 2.74. The van der Waals surface area contributed by atoms with Crippen LogP contribution in [-0.4, -0.2) is 9.78 Å². The fourth-order valence-corrected chi connectivity index (χ4v) is 2.90. The molecule has 3 aromatic carbocycles. The van der Waals surface area contributed by atoms with Gasteiger partial charge in [0, 0.05) is 11.1 Å². The maximum atomic E-state index is 4.88. The fourth-order valence-electron chi connectivity index (χ4n) is 2.90. The average molecular weight is 310 g/mol. The summed E-state index contributed by atoms with van der Waals surface area (Å²) in [6.45, 7) is 2.10. The van der Waals surface area contributed by atoms with Crippen LogP contribution in [0.3, 0.4) is 0 Å². The van der Waals surface area contributed by atoms with Crippen LogP contribution in [0.2, 0.25) is 0 Å². The molecular formula is C22H18N2. The topological polar surface area (TPSA) is 17.8 Å². The van der Waals surface area contributed by atoms with Gasteiger partial charge in [-0.05, 0) is 30.7 Å². The highest BCUT2D eigenvalue weighted by atomic mass is 15.3. The Bertz CT molecular complexity index is 954. The van der Waals surface area contributed by atoms with Crippen molar-refractivity contribution >= 4 is 0 Å². The minimum Gasteiger partial charge on any atom is -0.232 e.